The molecular weight excluding hydrogens is 288 g/mol. The molecule has 4 nitrogen and oxygen atoms in total. The van der Waals surface area contributed by atoms with E-state index < -0.39 is 0 Å². The summed E-state index contributed by atoms with van der Waals surface area (Å²) in [4.78, 5) is 11.8. The number of hydrogen-bond acceptors (Lipinski definition) is 3. The number of carbonyl (C=O) groups excluding carboxylic acids is 1. The Morgan fingerprint density at radius 2 is 2.05 bits per heavy atom. The fourth-order valence-electron chi connectivity index (χ4n) is 2.41. The van der Waals surface area contributed by atoms with Gasteiger partial charge in [0.2, 0.25) is 5.91 Å². The summed E-state index contributed by atoms with van der Waals surface area (Å²) < 4.78 is 5.82. The number of anilines is 1. The van der Waals surface area contributed by atoms with Gasteiger partial charge < -0.3 is 15.4 Å². The SMILES string of the molecule is CNC1C(=O)Nc2cc(Oc3cc(C)ccc3Cl)ccc21. The van der Waals surface area contributed by atoms with Crippen LogP contribution in [0, 0.1) is 6.92 Å². The van der Waals surface area contributed by atoms with Crippen LogP contribution in [0.25, 0.3) is 0 Å². The van der Waals surface area contributed by atoms with E-state index >= 15 is 0 Å². The van der Waals surface area contributed by atoms with E-state index in [0.29, 0.717) is 16.5 Å². The summed E-state index contributed by atoms with van der Waals surface area (Å²) in [5, 5.41) is 6.37. The lowest BCUT2D eigenvalue weighted by Crippen LogP contribution is -2.23. The predicted octanol–water partition coefficient (Wildman–Crippen LogP) is 3.65. The van der Waals surface area contributed by atoms with Crippen molar-refractivity contribution in [3.63, 3.8) is 0 Å². The highest BCUT2D eigenvalue weighted by Crippen LogP contribution is 2.36. The molecule has 0 aliphatic carbocycles. The van der Waals surface area contributed by atoms with Crippen molar-refractivity contribution in [1.29, 1.82) is 0 Å². The molecule has 1 unspecified atom stereocenters. The summed E-state index contributed by atoms with van der Waals surface area (Å²) in [7, 11) is 1.76. The van der Waals surface area contributed by atoms with Gasteiger partial charge in [0.25, 0.3) is 0 Å². The first-order valence-electron chi connectivity index (χ1n) is 6.64. The molecule has 0 radical (unpaired) electrons. The molecule has 1 amide bonds. The Morgan fingerprint density at radius 3 is 2.81 bits per heavy atom. The molecule has 1 heterocycles. The number of hydrogen-bond donors (Lipinski definition) is 2. The van der Waals surface area contributed by atoms with Crippen LogP contribution >= 0.6 is 11.6 Å². The fraction of sp³-hybridized carbons (Fsp3) is 0.188. The highest BCUT2D eigenvalue weighted by molar-refractivity contribution is 6.32. The van der Waals surface area contributed by atoms with E-state index in [1.807, 2.05) is 37.3 Å². The maximum atomic E-state index is 11.8. The Labute approximate surface area is 128 Å². The third kappa shape index (κ3) is 2.60. The van der Waals surface area contributed by atoms with Gasteiger partial charge in [-0.2, -0.15) is 0 Å². The van der Waals surface area contributed by atoms with Gasteiger partial charge in [0.1, 0.15) is 17.5 Å². The van der Waals surface area contributed by atoms with Crippen LogP contribution in [-0.4, -0.2) is 13.0 Å². The topological polar surface area (TPSA) is 50.4 Å². The molecule has 0 spiro atoms. The number of likely N-dealkylation sites (N-methyl/N-ethyl adjacent to an activating group) is 1. The van der Waals surface area contributed by atoms with Crippen LogP contribution in [0.15, 0.2) is 36.4 Å². The summed E-state index contributed by atoms with van der Waals surface area (Å²) in [5.41, 5.74) is 2.75. The molecule has 0 fully saturated rings. The normalized spacial score (nSPS) is 16.5. The van der Waals surface area contributed by atoms with Crippen molar-refractivity contribution in [2.75, 3.05) is 12.4 Å². The number of aryl methyl sites for hydroxylation is 1. The first kappa shape index (κ1) is 13.9. The van der Waals surface area contributed by atoms with Crippen molar-refractivity contribution in [3.05, 3.63) is 52.5 Å². The van der Waals surface area contributed by atoms with E-state index in [0.717, 1.165) is 16.8 Å². The third-order valence-corrected chi connectivity index (χ3v) is 3.77. The minimum Gasteiger partial charge on any atom is -0.456 e. The van der Waals surface area contributed by atoms with Gasteiger partial charge in [-0.05, 0) is 37.7 Å². The standard InChI is InChI=1S/C16H15ClN2O2/c1-9-3-6-12(17)14(7-9)21-10-4-5-11-13(8-10)19-16(20)15(11)18-2/h3-8,15,18H,1-2H3,(H,19,20). The molecule has 21 heavy (non-hydrogen) atoms. The highest BCUT2D eigenvalue weighted by atomic mass is 35.5. The minimum atomic E-state index is -0.309. The molecule has 0 aromatic heterocycles. The molecule has 2 N–H and O–H groups in total. The van der Waals surface area contributed by atoms with Gasteiger partial charge in [-0.3, -0.25) is 4.79 Å². The van der Waals surface area contributed by atoms with Gasteiger partial charge in [0.05, 0.1) is 5.02 Å². The number of ether oxygens (including phenoxy) is 1. The number of benzene rings is 2. The zero-order valence-electron chi connectivity index (χ0n) is 11.7. The van der Waals surface area contributed by atoms with Crippen LogP contribution in [0.2, 0.25) is 5.02 Å². The molecular formula is C16H15ClN2O2. The Bertz CT molecular complexity index is 715. The lowest BCUT2D eigenvalue weighted by Gasteiger charge is -2.10. The zero-order valence-corrected chi connectivity index (χ0v) is 12.5. The van der Waals surface area contributed by atoms with Gasteiger partial charge in [-0.15, -0.1) is 0 Å². The van der Waals surface area contributed by atoms with Gasteiger partial charge in [-0.1, -0.05) is 23.7 Å². The van der Waals surface area contributed by atoms with Crippen molar-refractivity contribution in [2.45, 2.75) is 13.0 Å². The van der Waals surface area contributed by atoms with Crippen LogP contribution in [0.5, 0.6) is 11.5 Å². The molecule has 2 aromatic rings. The van der Waals surface area contributed by atoms with Crippen LogP contribution in [-0.2, 0) is 4.79 Å². The van der Waals surface area contributed by atoms with E-state index in [1.54, 1.807) is 13.1 Å². The maximum absolute atomic E-state index is 11.8. The molecule has 5 heteroatoms. The second kappa shape index (κ2) is 5.39. The Hall–Kier alpha value is -2.04. The Morgan fingerprint density at radius 1 is 1.24 bits per heavy atom. The van der Waals surface area contributed by atoms with E-state index in [-0.39, 0.29) is 11.9 Å². The average Bonchev–Trinajstić information content (AvgIpc) is 2.77. The first-order valence-corrected chi connectivity index (χ1v) is 7.02. The molecule has 0 bridgehead atoms. The number of halogens is 1. The van der Waals surface area contributed by atoms with Crippen LogP contribution in [0.1, 0.15) is 17.2 Å². The van der Waals surface area contributed by atoms with Gasteiger partial charge >= 0.3 is 0 Å². The third-order valence-electron chi connectivity index (χ3n) is 3.46. The summed E-state index contributed by atoms with van der Waals surface area (Å²) in [6.45, 7) is 1.98. The molecule has 1 atom stereocenters. The van der Waals surface area contributed by atoms with Crippen molar-refractivity contribution in [3.8, 4) is 11.5 Å². The highest BCUT2D eigenvalue weighted by Gasteiger charge is 2.29. The average molecular weight is 303 g/mol. The molecule has 0 saturated heterocycles. The summed E-state index contributed by atoms with van der Waals surface area (Å²) in [5.74, 6) is 1.18. The lowest BCUT2D eigenvalue weighted by molar-refractivity contribution is -0.117. The number of nitrogens with one attached hydrogen (secondary N) is 2. The second-order valence-electron chi connectivity index (χ2n) is 5.00. The van der Waals surface area contributed by atoms with Gasteiger partial charge in [0, 0.05) is 17.3 Å². The molecule has 0 saturated carbocycles. The summed E-state index contributed by atoms with van der Waals surface area (Å²) in [6.07, 6.45) is 0. The van der Waals surface area contributed by atoms with Crippen LogP contribution in [0.3, 0.4) is 0 Å². The van der Waals surface area contributed by atoms with E-state index in [4.69, 9.17) is 16.3 Å². The van der Waals surface area contributed by atoms with E-state index in [2.05, 4.69) is 10.6 Å². The Balaban J connectivity index is 1.90. The van der Waals surface area contributed by atoms with Crippen molar-refractivity contribution < 1.29 is 9.53 Å². The zero-order chi connectivity index (χ0) is 15.0. The van der Waals surface area contributed by atoms with E-state index in [1.165, 1.54) is 0 Å². The van der Waals surface area contributed by atoms with Crippen LogP contribution in [0.4, 0.5) is 5.69 Å². The minimum absolute atomic E-state index is 0.0572. The maximum Gasteiger partial charge on any atom is 0.246 e. The Kier molecular flexibility index (Phi) is 3.57. The molecule has 1 aliphatic rings. The fourth-order valence-corrected chi connectivity index (χ4v) is 2.56. The molecule has 1 aliphatic heterocycles. The van der Waals surface area contributed by atoms with Crippen molar-refractivity contribution >= 4 is 23.2 Å². The van der Waals surface area contributed by atoms with Gasteiger partial charge in [0.15, 0.2) is 0 Å². The quantitative estimate of drug-likeness (QED) is 0.910. The van der Waals surface area contributed by atoms with Gasteiger partial charge in [-0.25, -0.2) is 0 Å². The monoisotopic (exact) mass is 302 g/mol. The summed E-state index contributed by atoms with van der Waals surface area (Å²) in [6, 6.07) is 10.8. The predicted molar refractivity (Wildman–Crippen MR) is 83.1 cm³/mol. The smallest absolute Gasteiger partial charge is 0.246 e. The van der Waals surface area contributed by atoms with Crippen LogP contribution < -0.4 is 15.4 Å². The lowest BCUT2D eigenvalue weighted by atomic mass is 10.1. The number of amides is 1. The number of rotatable bonds is 3. The van der Waals surface area contributed by atoms with E-state index in [9.17, 15) is 4.79 Å². The molecule has 108 valence electrons. The molecule has 3 rings (SSSR count). The van der Waals surface area contributed by atoms with Crippen molar-refractivity contribution in [2.24, 2.45) is 0 Å². The largest absolute Gasteiger partial charge is 0.456 e. The summed E-state index contributed by atoms with van der Waals surface area (Å²) >= 11 is 6.13. The number of fused-ring (bicyclic) bond motifs is 1. The first-order chi connectivity index (χ1) is 10.1. The number of carbonyl (C=O) groups is 1. The molecule has 2 aromatic carbocycles. The second-order valence-corrected chi connectivity index (χ2v) is 5.40. The van der Waals surface area contributed by atoms with Crippen molar-refractivity contribution in [1.82, 2.24) is 5.32 Å².